The number of ether oxygens (including phenoxy) is 1. The van der Waals surface area contributed by atoms with Crippen LogP contribution in [0.15, 0.2) is 42.5 Å². The SMILES string of the molecule is C=C(CCBr)CCOCc1ccccc1. The van der Waals surface area contributed by atoms with Crippen molar-refractivity contribution in [2.45, 2.75) is 19.4 Å². The Morgan fingerprint density at radius 1 is 1.20 bits per heavy atom. The summed E-state index contributed by atoms with van der Waals surface area (Å²) in [5.74, 6) is 0. The van der Waals surface area contributed by atoms with Crippen LogP contribution in [0.1, 0.15) is 18.4 Å². The molecule has 0 N–H and O–H groups in total. The van der Waals surface area contributed by atoms with Crippen LogP contribution in [-0.4, -0.2) is 11.9 Å². The van der Waals surface area contributed by atoms with Gasteiger partial charge in [0, 0.05) is 5.33 Å². The molecule has 0 heterocycles. The lowest BCUT2D eigenvalue weighted by atomic mass is 10.2. The number of halogens is 1. The zero-order valence-corrected chi connectivity index (χ0v) is 10.5. The summed E-state index contributed by atoms with van der Waals surface area (Å²) < 4.78 is 5.56. The molecule has 15 heavy (non-hydrogen) atoms. The van der Waals surface area contributed by atoms with Crippen LogP contribution in [0, 0.1) is 0 Å². The minimum absolute atomic E-state index is 0.697. The van der Waals surface area contributed by atoms with Crippen molar-refractivity contribution < 1.29 is 4.74 Å². The summed E-state index contributed by atoms with van der Waals surface area (Å²) in [6, 6.07) is 10.2. The molecule has 0 spiro atoms. The van der Waals surface area contributed by atoms with E-state index in [0.717, 1.165) is 24.8 Å². The summed E-state index contributed by atoms with van der Waals surface area (Å²) >= 11 is 3.39. The first kappa shape index (κ1) is 12.5. The molecule has 1 aromatic rings. The van der Waals surface area contributed by atoms with Crippen LogP contribution >= 0.6 is 15.9 Å². The molecule has 0 radical (unpaired) electrons. The van der Waals surface area contributed by atoms with Gasteiger partial charge in [-0.15, -0.1) is 0 Å². The van der Waals surface area contributed by atoms with Gasteiger partial charge in [-0.3, -0.25) is 0 Å². The molecule has 0 amide bonds. The van der Waals surface area contributed by atoms with Gasteiger partial charge in [0.1, 0.15) is 0 Å². The van der Waals surface area contributed by atoms with Crippen molar-refractivity contribution in [2.75, 3.05) is 11.9 Å². The Kier molecular flexibility index (Phi) is 6.37. The third kappa shape index (κ3) is 5.75. The molecule has 0 aromatic heterocycles. The van der Waals surface area contributed by atoms with Crippen molar-refractivity contribution in [3.05, 3.63) is 48.0 Å². The summed E-state index contributed by atoms with van der Waals surface area (Å²) in [5.41, 5.74) is 2.48. The third-order valence-corrected chi connectivity index (χ3v) is 2.56. The first-order valence-electron chi connectivity index (χ1n) is 5.17. The van der Waals surface area contributed by atoms with E-state index in [0.29, 0.717) is 6.61 Å². The average Bonchev–Trinajstić information content (AvgIpc) is 2.26. The summed E-state index contributed by atoms with van der Waals surface area (Å²) in [7, 11) is 0. The average molecular weight is 269 g/mol. The van der Waals surface area contributed by atoms with Gasteiger partial charge < -0.3 is 4.74 Å². The van der Waals surface area contributed by atoms with Crippen molar-refractivity contribution in [1.29, 1.82) is 0 Å². The molecule has 1 nitrogen and oxygen atoms in total. The maximum Gasteiger partial charge on any atom is 0.0717 e. The Morgan fingerprint density at radius 2 is 1.93 bits per heavy atom. The van der Waals surface area contributed by atoms with E-state index in [1.165, 1.54) is 11.1 Å². The molecule has 0 fully saturated rings. The summed E-state index contributed by atoms with van der Waals surface area (Å²) in [6.07, 6.45) is 1.99. The molecule has 0 atom stereocenters. The molecule has 1 rings (SSSR count). The van der Waals surface area contributed by atoms with E-state index < -0.39 is 0 Å². The summed E-state index contributed by atoms with van der Waals surface area (Å²) in [5, 5.41) is 0.991. The standard InChI is InChI=1S/C13H17BrO/c1-12(7-9-14)8-10-15-11-13-5-3-2-4-6-13/h2-6H,1,7-11H2. The van der Waals surface area contributed by atoms with Crippen LogP contribution in [0.5, 0.6) is 0 Å². The third-order valence-electron chi connectivity index (χ3n) is 2.16. The minimum atomic E-state index is 0.697. The van der Waals surface area contributed by atoms with Crippen molar-refractivity contribution >= 4 is 15.9 Å². The largest absolute Gasteiger partial charge is 0.376 e. The van der Waals surface area contributed by atoms with Gasteiger partial charge in [-0.1, -0.05) is 58.4 Å². The van der Waals surface area contributed by atoms with Crippen molar-refractivity contribution in [3.8, 4) is 0 Å². The predicted molar refractivity (Wildman–Crippen MR) is 68.3 cm³/mol. The second kappa shape index (κ2) is 7.66. The fourth-order valence-electron chi connectivity index (χ4n) is 1.24. The molecule has 0 aliphatic heterocycles. The lowest BCUT2D eigenvalue weighted by Crippen LogP contribution is -1.97. The quantitative estimate of drug-likeness (QED) is 0.414. The fraction of sp³-hybridized carbons (Fsp3) is 0.385. The van der Waals surface area contributed by atoms with E-state index >= 15 is 0 Å². The number of hydrogen-bond acceptors (Lipinski definition) is 1. The van der Waals surface area contributed by atoms with Crippen LogP contribution in [0.4, 0.5) is 0 Å². The smallest absolute Gasteiger partial charge is 0.0717 e. The van der Waals surface area contributed by atoms with E-state index in [-0.39, 0.29) is 0 Å². The molecule has 0 unspecified atom stereocenters. The van der Waals surface area contributed by atoms with Crippen LogP contribution in [-0.2, 0) is 11.3 Å². The Bertz CT molecular complexity index is 282. The maximum atomic E-state index is 5.56. The first-order valence-corrected chi connectivity index (χ1v) is 6.29. The Hall–Kier alpha value is -0.600. The van der Waals surface area contributed by atoms with E-state index in [4.69, 9.17) is 4.74 Å². The Balaban J connectivity index is 2.10. The second-order valence-electron chi connectivity index (χ2n) is 3.48. The molecule has 0 bridgehead atoms. The molecule has 82 valence electrons. The molecule has 0 saturated heterocycles. The van der Waals surface area contributed by atoms with E-state index in [1.807, 2.05) is 18.2 Å². The molecule has 0 saturated carbocycles. The number of benzene rings is 1. The topological polar surface area (TPSA) is 9.23 Å². The highest BCUT2D eigenvalue weighted by atomic mass is 79.9. The molecular formula is C13H17BrO. The van der Waals surface area contributed by atoms with Gasteiger partial charge in [-0.2, -0.15) is 0 Å². The van der Waals surface area contributed by atoms with Gasteiger partial charge in [-0.25, -0.2) is 0 Å². The van der Waals surface area contributed by atoms with Crippen LogP contribution < -0.4 is 0 Å². The molecule has 0 aliphatic carbocycles. The minimum Gasteiger partial charge on any atom is -0.376 e. The lowest BCUT2D eigenvalue weighted by Gasteiger charge is -2.05. The van der Waals surface area contributed by atoms with Crippen LogP contribution in [0.2, 0.25) is 0 Å². The Morgan fingerprint density at radius 3 is 2.60 bits per heavy atom. The highest BCUT2D eigenvalue weighted by molar-refractivity contribution is 9.09. The second-order valence-corrected chi connectivity index (χ2v) is 4.27. The van der Waals surface area contributed by atoms with Crippen molar-refractivity contribution in [1.82, 2.24) is 0 Å². The summed E-state index contributed by atoms with van der Waals surface area (Å²) in [6.45, 7) is 5.44. The maximum absolute atomic E-state index is 5.56. The van der Waals surface area contributed by atoms with Crippen LogP contribution in [0.25, 0.3) is 0 Å². The normalized spacial score (nSPS) is 10.2. The molecule has 0 aliphatic rings. The first-order chi connectivity index (χ1) is 7.33. The van der Waals surface area contributed by atoms with Gasteiger partial charge in [0.05, 0.1) is 13.2 Å². The number of hydrogen-bond donors (Lipinski definition) is 0. The van der Waals surface area contributed by atoms with Crippen molar-refractivity contribution in [2.24, 2.45) is 0 Å². The van der Waals surface area contributed by atoms with Crippen molar-refractivity contribution in [3.63, 3.8) is 0 Å². The molecular weight excluding hydrogens is 252 g/mol. The van der Waals surface area contributed by atoms with E-state index in [2.05, 4.69) is 34.6 Å². The lowest BCUT2D eigenvalue weighted by molar-refractivity contribution is 0.123. The van der Waals surface area contributed by atoms with Gasteiger partial charge in [-0.05, 0) is 18.4 Å². The van der Waals surface area contributed by atoms with Crippen LogP contribution in [0.3, 0.4) is 0 Å². The molecule has 1 aromatic carbocycles. The zero-order chi connectivity index (χ0) is 10.9. The predicted octanol–water partition coefficient (Wildman–Crippen LogP) is 3.93. The summed E-state index contributed by atoms with van der Waals surface area (Å²) in [4.78, 5) is 0. The fourth-order valence-corrected chi connectivity index (χ4v) is 1.80. The highest BCUT2D eigenvalue weighted by Crippen LogP contribution is 2.07. The number of rotatable bonds is 7. The van der Waals surface area contributed by atoms with E-state index in [9.17, 15) is 0 Å². The van der Waals surface area contributed by atoms with E-state index in [1.54, 1.807) is 0 Å². The van der Waals surface area contributed by atoms with Gasteiger partial charge >= 0.3 is 0 Å². The Labute approximate surface area is 100 Å². The van der Waals surface area contributed by atoms with Gasteiger partial charge in [0.2, 0.25) is 0 Å². The zero-order valence-electron chi connectivity index (χ0n) is 8.92. The highest BCUT2D eigenvalue weighted by Gasteiger charge is 1.95. The monoisotopic (exact) mass is 268 g/mol. The molecule has 2 heteroatoms. The number of alkyl halides is 1. The van der Waals surface area contributed by atoms with Gasteiger partial charge in [0.25, 0.3) is 0 Å². The van der Waals surface area contributed by atoms with Gasteiger partial charge in [0.15, 0.2) is 0 Å².